The lowest BCUT2D eigenvalue weighted by Gasteiger charge is -2.16. The van der Waals surface area contributed by atoms with Gasteiger partial charge < -0.3 is 29.0 Å². The quantitative estimate of drug-likeness (QED) is 0.779. The van der Waals surface area contributed by atoms with Crippen molar-refractivity contribution < 1.29 is 28.5 Å². The van der Waals surface area contributed by atoms with Crippen LogP contribution >= 0.6 is 0 Å². The molecule has 0 fully saturated rings. The number of nitrogens with one attached hydrogen (secondary N) is 1. The molecule has 1 N–H and O–H groups in total. The van der Waals surface area contributed by atoms with E-state index >= 15 is 0 Å². The van der Waals surface area contributed by atoms with E-state index in [1.807, 2.05) is 6.07 Å². The van der Waals surface area contributed by atoms with Gasteiger partial charge in [-0.1, -0.05) is 0 Å². The molecule has 0 bridgehead atoms. The van der Waals surface area contributed by atoms with Crippen LogP contribution in [0.15, 0.2) is 30.3 Å². The van der Waals surface area contributed by atoms with Gasteiger partial charge in [-0.2, -0.15) is 0 Å². The Hall–Kier alpha value is -3.09. The monoisotopic (exact) mass is 361 g/mol. The molecule has 0 atom stereocenters. The van der Waals surface area contributed by atoms with E-state index in [1.54, 1.807) is 38.5 Å². The highest BCUT2D eigenvalue weighted by atomic mass is 16.5. The molecule has 0 saturated heterocycles. The van der Waals surface area contributed by atoms with Gasteiger partial charge in [0, 0.05) is 17.7 Å². The number of amides is 1. The summed E-state index contributed by atoms with van der Waals surface area (Å²) in [5, 5.41) is 2.86. The third kappa shape index (κ3) is 3.93. The Morgan fingerprint density at radius 2 is 1.38 bits per heavy atom. The average Bonchev–Trinajstić information content (AvgIpc) is 2.70. The van der Waals surface area contributed by atoms with Crippen molar-refractivity contribution >= 4 is 5.91 Å². The minimum atomic E-state index is -0.247. The molecule has 2 aromatic carbocycles. The second kappa shape index (κ2) is 8.84. The molecule has 0 aliphatic carbocycles. The van der Waals surface area contributed by atoms with Crippen molar-refractivity contribution in [1.82, 2.24) is 5.32 Å². The van der Waals surface area contributed by atoms with Crippen LogP contribution < -0.4 is 29.0 Å². The van der Waals surface area contributed by atoms with Crippen LogP contribution in [-0.2, 0) is 6.54 Å². The topological polar surface area (TPSA) is 75.3 Å². The first-order chi connectivity index (χ1) is 12.6. The van der Waals surface area contributed by atoms with Crippen LogP contribution in [0.2, 0.25) is 0 Å². The molecule has 0 heterocycles. The molecule has 26 heavy (non-hydrogen) atoms. The summed E-state index contributed by atoms with van der Waals surface area (Å²) >= 11 is 0. The molecule has 140 valence electrons. The molecule has 2 aromatic rings. The molecule has 0 unspecified atom stereocenters. The molecule has 7 nitrogen and oxygen atoms in total. The van der Waals surface area contributed by atoms with Crippen molar-refractivity contribution in [2.24, 2.45) is 0 Å². The van der Waals surface area contributed by atoms with E-state index in [4.69, 9.17) is 23.7 Å². The van der Waals surface area contributed by atoms with Crippen LogP contribution in [0.4, 0.5) is 0 Å². The number of carbonyl (C=O) groups is 1. The number of hydrogen-bond acceptors (Lipinski definition) is 6. The molecular weight excluding hydrogens is 338 g/mol. The molecule has 1 amide bonds. The summed E-state index contributed by atoms with van der Waals surface area (Å²) < 4.78 is 26.4. The first-order valence-corrected chi connectivity index (χ1v) is 7.87. The zero-order chi connectivity index (χ0) is 19.1. The smallest absolute Gasteiger partial charge is 0.251 e. The summed E-state index contributed by atoms with van der Waals surface area (Å²) in [4.78, 5) is 12.5. The Labute approximate surface area is 152 Å². The third-order valence-electron chi connectivity index (χ3n) is 3.87. The van der Waals surface area contributed by atoms with E-state index in [9.17, 15) is 4.79 Å². The first-order valence-electron chi connectivity index (χ1n) is 7.87. The minimum Gasteiger partial charge on any atom is -0.493 e. The maximum Gasteiger partial charge on any atom is 0.251 e. The Balaban J connectivity index is 2.19. The van der Waals surface area contributed by atoms with Crippen LogP contribution in [0.1, 0.15) is 15.9 Å². The van der Waals surface area contributed by atoms with Gasteiger partial charge in [-0.05, 0) is 30.3 Å². The maximum atomic E-state index is 12.5. The van der Waals surface area contributed by atoms with Gasteiger partial charge in [0.25, 0.3) is 5.91 Å². The van der Waals surface area contributed by atoms with Gasteiger partial charge in [0.05, 0.1) is 35.5 Å². The second-order valence-electron chi connectivity index (χ2n) is 5.25. The maximum absolute atomic E-state index is 12.5. The van der Waals surface area contributed by atoms with Crippen molar-refractivity contribution in [1.29, 1.82) is 0 Å². The summed E-state index contributed by atoms with van der Waals surface area (Å²) in [6.45, 7) is 0.261. The summed E-state index contributed by atoms with van der Waals surface area (Å²) in [7, 11) is 7.69. The van der Waals surface area contributed by atoms with Gasteiger partial charge in [-0.15, -0.1) is 0 Å². The van der Waals surface area contributed by atoms with E-state index in [2.05, 4.69) is 5.32 Å². The van der Waals surface area contributed by atoms with E-state index in [-0.39, 0.29) is 12.5 Å². The van der Waals surface area contributed by atoms with E-state index in [0.717, 1.165) is 5.56 Å². The summed E-state index contributed by atoms with van der Waals surface area (Å²) in [6, 6.07) is 8.56. The zero-order valence-corrected chi connectivity index (χ0v) is 15.5. The molecule has 0 aliphatic heterocycles. The molecule has 7 heteroatoms. The fourth-order valence-electron chi connectivity index (χ4n) is 2.56. The van der Waals surface area contributed by atoms with E-state index in [0.29, 0.717) is 34.3 Å². The van der Waals surface area contributed by atoms with Gasteiger partial charge >= 0.3 is 0 Å². The van der Waals surface area contributed by atoms with Gasteiger partial charge in [0.15, 0.2) is 23.0 Å². The minimum absolute atomic E-state index is 0.247. The Morgan fingerprint density at radius 3 is 1.96 bits per heavy atom. The van der Waals surface area contributed by atoms with Crippen molar-refractivity contribution in [2.45, 2.75) is 6.54 Å². The second-order valence-corrected chi connectivity index (χ2v) is 5.25. The number of hydrogen-bond donors (Lipinski definition) is 1. The zero-order valence-electron chi connectivity index (χ0n) is 15.5. The van der Waals surface area contributed by atoms with Gasteiger partial charge in [0.2, 0.25) is 5.75 Å². The summed E-state index contributed by atoms with van der Waals surface area (Å²) in [5.74, 6) is 2.35. The molecule has 0 aromatic heterocycles. The van der Waals surface area contributed by atoms with Gasteiger partial charge in [-0.25, -0.2) is 0 Å². The van der Waals surface area contributed by atoms with Crippen molar-refractivity contribution in [3.05, 3.63) is 41.5 Å². The van der Waals surface area contributed by atoms with Crippen LogP contribution in [0, 0.1) is 0 Å². The molecule has 2 rings (SSSR count). The lowest BCUT2D eigenvalue weighted by molar-refractivity contribution is 0.0950. The Morgan fingerprint density at radius 1 is 0.769 bits per heavy atom. The van der Waals surface area contributed by atoms with Crippen molar-refractivity contribution in [3.8, 4) is 28.7 Å². The van der Waals surface area contributed by atoms with Crippen LogP contribution in [-0.4, -0.2) is 41.5 Å². The molecule has 0 radical (unpaired) electrons. The van der Waals surface area contributed by atoms with Crippen LogP contribution in [0.25, 0.3) is 0 Å². The number of ether oxygens (including phenoxy) is 5. The number of benzene rings is 2. The van der Waals surface area contributed by atoms with Crippen molar-refractivity contribution in [2.75, 3.05) is 35.5 Å². The predicted molar refractivity (Wildman–Crippen MR) is 96.8 cm³/mol. The fraction of sp³-hybridized carbons (Fsp3) is 0.316. The Kier molecular flexibility index (Phi) is 6.54. The Bertz CT molecular complexity index is 775. The SMILES string of the molecule is COc1ccc(C(=O)NCc2ccc(OC)c(OC)c2OC)cc1OC. The highest BCUT2D eigenvalue weighted by Gasteiger charge is 2.17. The largest absolute Gasteiger partial charge is 0.493 e. The summed E-state index contributed by atoms with van der Waals surface area (Å²) in [6.07, 6.45) is 0. The number of rotatable bonds is 8. The van der Waals surface area contributed by atoms with Crippen molar-refractivity contribution in [3.63, 3.8) is 0 Å². The van der Waals surface area contributed by atoms with E-state index < -0.39 is 0 Å². The normalized spacial score (nSPS) is 10.0. The predicted octanol–water partition coefficient (Wildman–Crippen LogP) is 2.66. The molecule has 0 spiro atoms. The highest BCUT2D eigenvalue weighted by molar-refractivity contribution is 5.94. The van der Waals surface area contributed by atoms with E-state index in [1.165, 1.54) is 21.3 Å². The molecule has 0 saturated carbocycles. The standard InChI is InChI=1S/C19H23NO6/c1-22-14-8-6-12(10-16(14)24-3)19(21)20-11-13-7-9-15(23-2)18(26-5)17(13)25-4/h6-10H,11H2,1-5H3,(H,20,21). The fourth-order valence-corrected chi connectivity index (χ4v) is 2.56. The van der Waals surface area contributed by atoms with Crippen LogP contribution in [0.3, 0.4) is 0 Å². The number of carbonyl (C=O) groups excluding carboxylic acids is 1. The lowest BCUT2D eigenvalue weighted by Crippen LogP contribution is -2.23. The lowest BCUT2D eigenvalue weighted by atomic mass is 10.1. The average molecular weight is 361 g/mol. The van der Waals surface area contributed by atoms with Crippen LogP contribution in [0.5, 0.6) is 28.7 Å². The molecule has 0 aliphatic rings. The number of methoxy groups -OCH3 is 5. The van der Waals surface area contributed by atoms with Gasteiger partial charge in [0.1, 0.15) is 0 Å². The first kappa shape index (κ1) is 19.2. The van der Waals surface area contributed by atoms with Gasteiger partial charge in [-0.3, -0.25) is 4.79 Å². The molecular formula is C19H23NO6. The third-order valence-corrected chi connectivity index (χ3v) is 3.87. The highest BCUT2D eigenvalue weighted by Crippen LogP contribution is 2.39. The summed E-state index contributed by atoms with van der Waals surface area (Å²) in [5.41, 5.74) is 1.22.